The maximum Gasteiger partial charge on any atom is 0.246 e. The average Bonchev–Trinajstić information content (AvgIpc) is 2.01. The molecule has 0 aliphatic heterocycles. The summed E-state index contributed by atoms with van der Waals surface area (Å²) in [5.41, 5.74) is 0. The smallest absolute Gasteiger partial charge is 0.246 e. The first kappa shape index (κ1) is 10.1. The molecule has 0 aromatic carbocycles. The molecular weight excluding hydrogens is 150 g/mol. The summed E-state index contributed by atoms with van der Waals surface area (Å²) in [6.45, 7) is -0.103. The van der Waals surface area contributed by atoms with E-state index in [-0.39, 0.29) is 32.3 Å². The number of aliphatic hydroxyl groups excluding tert-OH is 1. The van der Waals surface area contributed by atoms with Crippen molar-refractivity contribution in [3.8, 4) is 0 Å². The summed E-state index contributed by atoms with van der Waals surface area (Å²) in [4.78, 5) is 20.3. The summed E-state index contributed by atoms with van der Waals surface area (Å²) in [5, 5.41) is 10.6. The van der Waals surface area contributed by atoms with Gasteiger partial charge in [0.05, 0.1) is 6.61 Å². The molecular formula is C6H11NO4. The van der Waals surface area contributed by atoms with E-state index in [4.69, 9.17) is 5.11 Å². The Kier molecular flexibility index (Phi) is 6.56. The van der Waals surface area contributed by atoms with Crippen LogP contribution in [0.5, 0.6) is 0 Å². The Bertz CT molecular complexity index is 126. The van der Waals surface area contributed by atoms with Crippen LogP contribution in [0.25, 0.3) is 0 Å². The van der Waals surface area contributed by atoms with E-state index in [1.165, 1.54) is 0 Å². The molecule has 0 saturated carbocycles. The van der Waals surface area contributed by atoms with Crippen molar-refractivity contribution in [2.24, 2.45) is 0 Å². The van der Waals surface area contributed by atoms with Gasteiger partial charge in [0.25, 0.3) is 0 Å². The molecule has 0 aliphatic rings. The van der Waals surface area contributed by atoms with Crippen molar-refractivity contribution in [2.45, 2.75) is 0 Å². The Labute approximate surface area is 64.3 Å². The van der Waals surface area contributed by atoms with Crippen molar-refractivity contribution in [2.75, 3.05) is 26.4 Å². The Morgan fingerprint density at radius 2 is 2.36 bits per heavy atom. The summed E-state index contributed by atoms with van der Waals surface area (Å²) in [7, 11) is 0. The Morgan fingerprint density at radius 3 is 2.91 bits per heavy atom. The number of hydrogen-bond acceptors (Lipinski definition) is 4. The van der Waals surface area contributed by atoms with Crippen LogP contribution in [0.2, 0.25) is 0 Å². The molecule has 0 atom stereocenters. The third kappa shape index (κ3) is 6.95. The molecule has 1 amide bonds. The van der Waals surface area contributed by atoms with Crippen LogP contribution in [-0.4, -0.2) is 43.7 Å². The minimum absolute atomic E-state index is 0.0768. The molecule has 11 heavy (non-hydrogen) atoms. The second-order valence-corrected chi connectivity index (χ2v) is 1.76. The quantitative estimate of drug-likeness (QED) is 0.360. The number of aldehydes is 1. The predicted octanol–water partition coefficient (Wildman–Crippen LogP) is -1.69. The van der Waals surface area contributed by atoms with Crippen LogP contribution in [0.4, 0.5) is 0 Å². The van der Waals surface area contributed by atoms with E-state index >= 15 is 0 Å². The lowest BCUT2D eigenvalue weighted by Crippen LogP contribution is -2.30. The van der Waals surface area contributed by atoms with Crippen LogP contribution in [0, 0.1) is 0 Å². The molecule has 0 aromatic heterocycles. The van der Waals surface area contributed by atoms with Crippen molar-refractivity contribution >= 4 is 12.2 Å². The van der Waals surface area contributed by atoms with Crippen LogP contribution in [-0.2, 0) is 14.3 Å². The van der Waals surface area contributed by atoms with Crippen molar-refractivity contribution in [1.29, 1.82) is 0 Å². The fourth-order valence-electron chi connectivity index (χ4n) is 0.446. The predicted molar refractivity (Wildman–Crippen MR) is 37.0 cm³/mol. The molecule has 64 valence electrons. The molecule has 0 saturated heterocycles. The lowest BCUT2D eigenvalue weighted by Gasteiger charge is -2.01. The first-order valence-electron chi connectivity index (χ1n) is 3.20. The number of nitrogens with one attached hydrogen (secondary N) is 1. The Balaban J connectivity index is 3.15. The van der Waals surface area contributed by atoms with Crippen molar-refractivity contribution in [3.63, 3.8) is 0 Å². The SMILES string of the molecule is O=CCOCC(=O)NCCO. The molecule has 0 radical (unpaired) electrons. The molecule has 5 nitrogen and oxygen atoms in total. The first-order chi connectivity index (χ1) is 5.31. The van der Waals surface area contributed by atoms with Crippen LogP contribution < -0.4 is 5.32 Å². The standard InChI is InChI=1S/C6H11NO4/c8-2-1-7-6(10)5-11-4-3-9/h3,8H,1-2,4-5H2,(H,7,10). The lowest BCUT2D eigenvalue weighted by molar-refractivity contribution is -0.127. The maximum absolute atomic E-state index is 10.6. The zero-order chi connectivity index (χ0) is 8.53. The van der Waals surface area contributed by atoms with Gasteiger partial charge in [0.15, 0.2) is 0 Å². The summed E-state index contributed by atoms with van der Waals surface area (Å²) in [6, 6.07) is 0. The van der Waals surface area contributed by atoms with Gasteiger partial charge in [0.1, 0.15) is 19.5 Å². The van der Waals surface area contributed by atoms with Gasteiger partial charge in [-0.1, -0.05) is 0 Å². The molecule has 0 bridgehead atoms. The molecule has 0 heterocycles. The van der Waals surface area contributed by atoms with Gasteiger partial charge in [-0.25, -0.2) is 0 Å². The van der Waals surface area contributed by atoms with E-state index in [1.54, 1.807) is 0 Å². The Morgan fingerprint density at radius 1 is 1.64 bits per heavy atom. The molecule has 0 unspecified atom stereocenters. The fraction of sp³-hybridized carbons (Fsp3) is 0.667. The normalized spacial score (nSPS) is 9.18. The van der Waals surface area contributed by atoms with E-state index in [9.17, 15) is 9.59 Å². The summed E-state index contributed by atoms with van der Waals surface area (Å²) < 4.78 is 4.58. The number of carbonyl (C=O) groups is 2. The minimum atomic E-state index is -0.332. The monoisotopic (exact) mass is 161 g/mol. The molecule has 0 rings (SSSR count). The molecule has 0 fully saturated rings. The zero-order valence-corrected chi connectivity index (χ0v) is 6.08. The van der Waals surface area contributed by atoms with Gasteiger partial charge in [0.2, 0.25) is 5.91 Å². The Hall–Kier alpha value is -0.940. The van der Waals surface area contributed by atoms with Gasteiger partial charge in [-0.2, -0.15) is 0 Å². The van der Waals surface area contributed by atoms with Crippen LogP contribution in [0.15, 0.2) is 0 Å². The van der Waals surface area contributed by atoms with Crippen molar-refractivity contribution < 1.29 is 19.4 Å². The number of rotatable bonds is 6. The average molecular weight is 161 g/mol. The van der Waals surface area contributed by atoms with Gasteiger partial charge in [0, 0.05) is 6.54 Å². The summed E-state index contributed by atoms with van der Waals surface area (Å²) >= 11 is 0. The number of ether oxygens (including phenoxy) is 1. The second-order valence-electron chi connectivity index (χ2n) is 1.76. The van der Waals surface area contributed by atoms with E-state index in [2.05, 4.69) is 10.1 Å². The molecule has 0 spiro atoms. The lowest BCUT2D eigenvalue weighted by atomic mass is 10.6. The van der Waals surface area contributed by atoms with E-state index in [0.29, 0.717) is 6.29 Å². The number of amides is 1. The summed E-state index contributed by atoms with van der Waals surface area (Å²) in [5.74, 6) is -0.332. The molecule has 2 N–H and O–H groups in total. The van der Waals surface area contributed by atoms with E-state index < -0.39 is 0 Å². The third-order valence-electron chi connectivity index (χ3n) is 0.853. The van der Waals surface area contributed by atoms with Gasteiger partial charge in [-0.05, 0) is 0 Å². The van der Waals surface area contributed by atoms with Crippen LogP contribution in [0.3, 0.4) is 0 Å². The highest BCUT2D eigenvalue weighted by molar-refractivity contribution is 5.77. The summed E-state index contributed by atoms with van der Waals surface area (Å²) in [6.07, 6.45) is 0.569. The molecule has 0 aliphatic carbocycles. The third-order valence-corrected chi connectivity index (χ3v) is 0.853. The van der Waals surface area contributed by atoms with Gasteiger partial charge >= 0.3 is 0 Å². The first-order valence-corrected chi connectivity index (χ1v) is 3.20. The highest BCUT2D eigenvalue weighted by Gasteiger charge is 1.97. The second kappa shape index (κ2) is 7.17. The van der Waals surface area contributed by atoms with Gasteiger partial charge in [-0.15, -0.1) is 0 Å². The van der Waals surface area contributed by atoms with Gasteiger partial charge < -0.3 is 20.0 Å². The van der Waals surface area contributed by atoms with E-state index in [1.807, 2.05) is 0 Å². The number of aliphatic hydroxyl groups is 1. The molecule has 0 aromatic rings. The highest BCUT2D eigenvalue weighted by atomic mass is 16.5. The number of carbonyl (C=O) groups excluding carboxylic acids is 2. The largest absolute Gasteiger partial charge is 0.395 e. The molecule has 5 heteroatoms. The number of hydrogen-bond donors (Lipinski definition) is 2. The maximum atomic E-state index is 10.6. The highest BCUT2D eigenvalue weighted by Crippen LogP contribution is 1.71. The van der Waals surface area contributed by atoms with Crippen molar-refractivity contribution in [3.05, 3.63) is 0 Å². The topological polar surface area (TPSA) is 75.6 Å². The van der Waals surface area contributed by atoms with Crippen LogP contribution in [0.1, 0.15) is 0 Å². The van der Waals surface area contributed by atoms with E-state index in [0.717, 1.165) is 0 Å². The fourth-order valence-corrected chi connectivity index (χ4v) is 0.446. The van der Waals surface area contributed by atoms with Gasteiger partial charge in [-0.3, -0.25) is 4.79 Å². The van der Waals surface area contributed by atoms with Crippen LogP contribution >= 0.6 is 0 Å². The van der Waals surface area contributed by atoms with Crippen molar-refractivity contribution in [1.82, 2.24) is 5.32 Å². The minimum Gasteiger partial charge on any atom is -0.395 e. The zero-order valence-electron chi connectivity index (χ0n) is 6.08.